The molecule has 0 aliphatic carbocycles. The Morgan fingerprint density at radius 1 is 1.03 bits per heavy atom. The predicted octanol–water partition coefficient (Wildman–Crippen LogP) is 5.77. The summed E-state index contributed by atoms with van der Waals surface area (Å²) in [6.45, 7) is 6.43. The number of rotatable bonds is 8. The molecule has 0 atom stereocenters. The monoisotopic (exact) mass is 467 g/mol. The number of amides is 1. The molecule has 32 heavy (non-hydrogen) atoms. The summed E-state index contributed by atoms with van der Waals surface area (Å²) in [6.07, 6.45) is 2.88. The Morgan fingerprint density at radius 2 is 1.84 bits per heavy atom. The molecule has 2 aromatic carbocycles. The Balaban J connectivity index is 1.61. The van der Waals surface area contributed by atoms with Crippen LogP contribution in [0, 0.1) is 0 Å². The first-order valence-electron chi connectivity index (χ1n) is 11.1. The molecule has 0 bridgehead atoms. The van der Waals surface area contributed by atoms with Gasteiger partial charge in [-0.2, -0.15) is 0 Å². The lowest BCUT2D eigenvalue weighted by atomic mass is 10.2. The van der Waals surface area contributed by atoms with Crippen LogP contribution in [0.1, 0.15) is 32.3 Å². The quantitative estimate of drug-likeness (QED) is 0.461. The molecular weight excluding hydrogens is 438 g/mol. The van der Waals surface area contributed by atoms with Crippen molar-refractivity contribution in [3.8, 4) is 5.75 Å². The third-order valence-corrected chi connectivity index (χ3v) is 7.92. The van der Waals surface area contributed by atoms with Gasteiger partial charge in [-0.05, 0) is 49.2 Å². The summed E-state index contributed by atoms with van der Waals surface area (Å²) >= 11 is 3.19. The summed E-state index contributed by atoms with van der Waals surface area (Å²) in [6, 6.07) is 16.5. The van der Waals surface area contributed by atoms with E-state index in [0.29, 0.717) is 13.1 Å². The van der Waals surface area contributed by atoms with Gasteiger partial charge >= 0.3 is 0 Å². The van der Waals surface area contributed by atoms with Crippen LogP contribution >= 0.6 is 23.5 Å². The highest BCUT2D eigenvalue weighted by atomic mass is 32.2. The van der Waals surface area contributed by atoms with Gasteiger partial charge in [0.15, 0.2) is 5.17 Å². The van der Waals surface area contributed by atoms with E-state index in [-0.39, 0.29) is 5.91 Å². The zero-order chi connectivity index (χ0) is 22.5. The van der Waals surface area contributed by atoms with Crippen LogP contribution < -0.4 is 9.64 Å². The SMILES string of the molecule is CCCCN1C(=O)/C(=C2/Sc3ccc(OC)cc3N2CC)SC1=NCCc1ccccc1. The summed E-state index contributed by atoms with van der Waals surface area (Å²) in [4.78, 5) is 24.4. The van der Waals surface area contributed by atoms with E-state index >= 15 is 0 Å². The van der Waals surface area contributed by atoms with Crippen molar-refractivity contribution in [2.45, 2.75) is 38.0 Å². The van der Waals surface area contributed by atoms with Gasteiger partial charge in [0, 0.05) is 30.6 Å². The van der Waals surface area contributed by atoms with E-state index in [4.69, 9.17) is 9.73 Å². The standard InChI is InChI=1S/C25H29N3O2S2/c1-4-6-16-28-23(29)22(32-25(28)26-15-14-18-10-8-7-9-11-18)24-27(5-2)20-17-19(30-3)12-13-21(20)31-24/h7-13,17H,4-6,14-16H2,1-3H3/b24-22-,26-25?. The summed E-state index contributed by atoms with van der Waals surface area (Å²) in [5.74, 6) is 0.898. The fraction of sp³-hybridized carbons (Fsp3) is 0.360. The second-order valence-electron chi connectivity index (χ2n) is 7.63. The van der Waals surface area contributed by atoms with Crippen LogP contribution in [0.2, 0.25) is 0 Å². The molecule has 0 saturated carbocycles. The van der Waals surface area contributed by atoms with E-state index in [1.807, 2.05) is 23.1 Å². The van der Waals surface area contributed by atoms with Gasteiger partial charge in [0.2, 0.25) is 0 Å². The summed E-state index contributed by atoms with van der Waals surface area (Å²) < 4.78 is 5.42. The number of hydrogen-bond donors (Lipinski definition) is 0. The molecule has 0 aromatic heterocycles. The van der Waals surface area contributed by atoms with Crippen molar-refractivity contribution in [3.63, 3.8) is 0 Å². The van der Waals surface area contributed by atoms with Crippen LogP contribution in [0.15, 0.2) is 68.4 Å². The Hall–Kier alpha value is -2.38. The third kappa shape index (κ3) is 4.69. The fourth-order valence-electron chi connectivity index (χ4n) is 3.76. The number of unbranched alkanes of at least 4 members (excludes halogenated alkanes) is 1. The van der Waals surface area contributed by atoms with E-state index in [0.717, 1.165) is 57.2 Å². The molecule has 4 rings (SSSR count). The largest absolute Gasteiger partial charge is 0.497 e. The molecule has 1 fully saturated rings. The molecule has 0 unspecified atom stereocenters. The van der Waals surface area contributed by atoms with Gasteiger partial charge in [-0.3, -0.25) is 14.7 Å². The number of hydrogen-bond acceptors (Lipinski definition) is 6. The van der Waals surface area contributed by atoms with E-state index in [9.17, 15) is 4.79 Å². The lowest BCUT2D eigenvalue weighted by Crippen LogP contribution is -2.31. The van der Waals surface area contributed by atoms with Gasteiger partial charge in [0.1, 0.15) is 15.7 Å². The minimum Gasteiger partial charge on any atom is -0.497 e. The molecule has 2 aromatic rings. The van der Waals surface area contributed by atoms with Crippen molar-refractivity contribution in [1.82, 2.24) is 4.90 Å². The van der Waals surface area contributed by atoms with Crippen LogP contribution in [0.3, 0.4) is 0 Å². The number of thioether (sulfide) groups is 2. The Bertz CT molecular complexity index is 1040. The first-order chi connectivity index (χ1) is 15.7. The molecule has 1 saturated heterocycles. The fourth-order valence-corrected chi connectivity index (χ4v) is 6.17. The van der Waals surface area contributed by atoms with Crippen LogP contribution in [0.25, 0.3) is 0 Å². The number of benzene rings is 2. The van der Waals surface area contributed by atoms with Crippen LogP contribution in [0.5, 0.6) is 5.75 Å². The van der Waals surface area contributed by atoms with Gasteiger partial charge in [-0.1, -0.05) is 55.4 Å². The number of aliphatic imine (C=N–C) groups is 1. The summed E-state index contributed by atoms with van der Waals surface area (Å²) in [5, 5.41) is 1.83. The van der Waals surface area contributed by atoms with Gasteiger partial charge in [-0.25, -0.2) is 0 Å². The highest BCUT2D eigenvalue weighted by molar-refractivity contribution is 8.19. The number of nitrogens with zero attached hydrogens (tertiary/aromatic N) is 3. The average molecular weight is 468 g/mol. The molecular formula is C25H29N3O2S2. The first-order valence-corrected chi connectivity index (χ1v) is 12.7. The molecule has 2 aliphatic rings. The second kappa shape index (κ2) is 10.5. The minimum atomic E-state index is 0.0719. The van der Waals surface area contributed by atoms with Gasteiger partial charge < -0.3 is 9.64 Å². The van der Waals surface area contributed by atoms with E-state index in [2.05, 4.69) is 49.1 Å². The lowest BCUT2D eigenvalue weighted by Gasteiger charge is -2.19. The van der Waals surface area contributed by atoms with Crippen molar-refractivity contribution in [2.75, 3.05) is 31.6 Å². The van der Waals surface area contributed by atoms with E-state index in [1.165, 1.54) is 17.3 Å². The number of carbonyl (C=O) groups is 1. The molecule has 2 heterocycles. The number of carbonyl (C=O) groups excluding carboxylic acids is 1. The number of anilines is 1. The molecule has 0 N–H and O–H groups in total. The summed E-state index contributed by atoms with van der Waals surface area (Å²) in [5.41, 5.74) is 2.36. The molecule has 2 aliphatic heterocycles. The highest BCUT2D eigenvalue weighted by Gasteiger charge is 2.39. The molecule has 1 amide bonds. The van der Waals surface area contributed by atoms with Crippen LogP contribution in [-0.2, 0) is 11.2 Å². The number of methoxy groups -OCH3 is 1. The van der Waals surface area contributed by atoms with Crippen LogP contribution in [0.4, 0.5) is 5.69 Å². The van der Waals surface area contributed by atoms with Crippen molar-refractivity contribution in [3.05, 3.63) is 64.0 Å². The maximum absolute atomic E-state index is 13.5. The topological polar surface area (TPSA) is 45.1 Å². The Kier molecular flexibility index (Phi) is 7.48. The molecule has 7 heteroatoms. The average Bonchev–Trinajstić information content (AvgIpc) is 3.34. The normalized spacial score (nSPS) is 19.2. The number of ether oxygens (including phenoxy) is 1. The van der Waals surface area contributed by atoms with Gasteiger partial charge in [0.25, 0.3) is 5.91 Å². The second-order valence-corrected chi connectivity index (χ2v) is 9.63. The van der Waals surface area contributed by atoms with Gasteiger partial charge in [0.05, 0.1) is 12.8 Å². The molecule has 0 radical (unpaired) electrons. The smallest absolute Gasteiger partial charge is 0.269 e. The molecule has 5 nitrogen and oxygen atoms in total. The maximum atomic E-state index is 13.5. The van der Waals surface area contributed by atoms with Crippen molar-refractivity contribution < 1.29 is 9.53 Å². The van der Waals surface area contributed by atoms with Crippen LogP contribution in [-0.4, -0.2) is 42.7 Å². The van der Waals surface area contributed by atoms with Crippen molar-refractivity contribution in [2.24, 2.45) is 4.99 Å². The third-order valence-electron chi connectivity index (χ3n) is 5.51. The van der Waals surface area contributed by atoms with E-state index < -0.39 is 0 Å². The lowest BCUT2D eigenvalue weighted by molar-refractivity contribution is -0.122. The highest BCUT2D eigenvalue weighted by Crippen LogP contribution is 2.51. The first kappa shape index (κ1) is 22.8. The zero-order valence-corrected chi connectivity index (χ0v) is 20.5. The zero-order valence-electron chi connectivity index (χ0n) is 18.8. The van der Waals surface area contributed by atoms with Crippen molar-refractivity contribution >= 4 is 40.3 Å². The Morgan fingerprint density at radius 3 is 2.56 bits per heavy atom. The van der Waals surface area contributed by atoms with Crippen molar-refractivity contribution in [1.29, 1.82) is 0 Å². The number of amidine groups is 1. The minimum absolute atomic E-state index is 0.0719. The van der Waals surface area contributed by atoms with Gasteiger partial charge in [-0.15, -0.1) is 0 Å². The Labute approximate surface area is 198 Å². The molecule has 168 valence electrons. The predicted molar refractivity (Wildman–Crippen MR) is 136 cm³/mol. The number of fused-ring (bicyclic) bond motifs is 1. The molecule has 0 spiro atoms. The maximum Gasteiger partial charge on any atom is 0.269 e. The van der Waals surface area contributed by atoms with E-state index in [1.54, 1.807) is 18.9 Å². The summed E-state index contributed by atoms with van der Waals surface area (Å²) in [7, 11) is 1.68.